The predicted octanol–water partition coefficient (Wildman–Crippen LogP) is 4.38. The van der Waals surface area contributed by atoms with Gasteiger partial charge in [-0.05, 0) is 45.0 Å². The molecule has 4 aromatic rings. The summed E-state index contributed by atoms with van der Waals surface area (Å²) in [6.45, 7) is 6.45. The topological polar surface area (TPSA) is 66.5 Å². The first-order chi connectivity index (χ1) is 11.5. The van der Waals surface area contributed by atoms with E-state index in [9.17, 15) is 0 Å². The summed E-state index contributed by atoms with van der Waals surface area (Å²) in [4.78, 5) is 16.6. The van der Waals surface area contributed by atoms with Crippen molar-refractivity contribution in [3.63, 3.8) is 0 Å². The van der Waals surface area contributed by atoms with E-state index in [0.29, 0.717) is 0 Å². The highest BCUT2D eigenvalue weighted by atomic mass is 15.0. The molecule has 5 heteroatoms. The largest absolute Gasteiger partial charge is 0.380 e. The van der Waals surface area contributed by atoms with Gasteiger partial charge in [-0.3, -0.25) is 4.98 Å². The molecule has 0 aliphatic rings. The van der Waals surface area contributed by atoms with Crippen LogP contribution >= 0.6 is 0 Å². The Labute approximate surface area is 140 Å². The number of fused-ring (bicyclic) bond motifs is 2. The molecule has 4 aromatic heterocycles. The van der Waals surface area contributed by atoms with Crippen LogP contribution in [0.4, 0.5) is 5.69 Å². The summed E-state index contributed by atoms with van der Waals surface area (Å²) in [5.74, 6) is 0. The zero-order chi connectivity index (χ0) is 16.7. The fraction of sp³-hybridized carbons (Fsp3) is 0.211. The lowest BCUT2D eigenvalue weighted by atomic mass is 10.0. The molecule has 0 amide bonds. The van der Waals surface area contributed by atoms with Gasteiger partial charge in [-0.15, -0.1) is 0 Å². The van der Waals surface area contributed by atoms with Gasteiger partial charge in [0.05, 0.1) is 17.4 Å². The minimum atomic E-state index is -0.0452. The second kappa shape index (κ2) is 5.30. The first-order valence-corrected chi connectivity index (χ1v) is 7.97. The van der Waals surface area contributed by atoms with Crippen molar-refractivity contribution in [2.75, 3.05) is 5.32 Å². The standard InChI is InChI=1S/C19H19N5/c1-19(2,3)24-16-10-15(23-17-11-20-7-4-14(16)17)12-5-8-21-18-13(12)6-9-22-18/h4-11H,1-3H3,(H,21,22)(H,23,24). The van der Waals surface area contributed by atoms with Gasteiger partial charge in [0.2, 0.25) is 0 Å². The summed E-state index contributed by atoms with van der Waals surface area (Å²) < 4.78 is 0. The lowest BCUT2D eigenvalue weighted by molar-refractivity contribution is 0.635. The zero-order valence-corrected chi connectivity index (χ0v) is 14.0. The minimum Gasteiger partial charge on any atom is -0.380 e. The smallest absolute Gasteiger partial charge is 0.137 e. The summed E-state index contributed by atoms with van der Waals surface area (Å²) in [5, 5.41) is 5.72. The molecular formula is C19H19N5. The average Bonchev–Trinajstić information content (AvgIpc) is 3.02. The van der Waals surface area contributed by atoms with Crippen molar-refractivity contribution in [1.29, 1.82) is 0 Å². The van der Waals surface area contributed by atoms with Crippen LogP contribution in [-0.2, 0) is 0 Å². The number of hydrogen-bond donors (Lipinski definition) is 2. The van der Waals surface area contributed by atoms with Crippen LogP contribution in [0.2, 0.25) is 0 Å². The third kappa shape index (κ3) is 2.58. The van der Waals surface area contributed by atoms with Crippen molar-refractivity contribution < 1.29 is 0 Å². The number of anilines is 1. The molecular weight excluding hydrogens is 298 g/mol. The molecule has 0 saturated carbocycles. The highest BCUT2D eigenvalue weighted by Gasteiger charge is 2.15. The van der Waals surface area contributed by atoms with Crippen molar-refractivity contribution in [3.05, 3.63) is 49.1 Å². The molecule has 0 saturated heterocycles. The molecule has 0 aliphatic heterocycles. The Hall–Kier alpha value is -2.95. The van der Waals surface area contributed by atoms with Gasteiger partial charge in [0.1, 0.15) is 5.65 Å². The van der Waals surface area contributed by atoms with E-state index < -0.39 is 0 Å². The SMILES string of the molecule is CC(C)(C)Nc1cc(-c2ccnc3[nH]ccc23)nc2cnccc12. The van der Waals surface area contributed by atoms with Gasteiger partial charge in [-0.2, -0.15) is 0 Å². The maximum absolute atomic E-state index is 4.82. The molecule has 0 radical (unpaired) electrons. The number of pyridine rings is 3. The molecule has 120 valence electrons. The quantitative estimate of drug-likeness (QED) is 0.575. The second-order valence-electron chi connectivity index (χ2n) is 6.92. The van der Waals surface area contributed by atoms with Gasteiger partial charge < -0.3 is 10.3 Å². The van der Waals surface area contributed by atoms with Crippen molar-refractivity contribution >= 4 is 27.6 Å². The van der Waals surface area contributed by atoms with Crippen LogP contribution in [0, 0.1) is 0 Å². The van der Waals surface area contributed by atoms with Crippen LogP contribution in [0.3, 0.4) is 0 Å². The molecule has 4 heterocycles. The first kappa shape index (κ1) is 14.6. The molecule has 0 spiro atoms. The van der Waals surface area contributed by atoms with Gasteiger partial charge in [0.15, 0.2) is 0 Å². The number of hydrogen-bond acceptors (Lipinski definition) is 4. The van der Waals surface area contributed by atoms with E-state index in [1.165, 1.54) is 0 Å². The molecule has 4 rings (SSSR count). The van der Waals surface area contributed by atoms with Crippen molar-refractivity contribution in [3.8, 4) is 11.3 Å². The van der Waals surface area contributed by atoms with Gasteiger partial charge in [-0.1, -0.05) is 0 Å². The highest BCUT2D eigenvalue weighted by Crippen LogP contribution is 2.32. The fourth-order valence-electron chi connectivity index (χ4n) is 2.91. The maximum Gasteiger partial charge on any atom is 0.137 e. The van der Waals surface area contributed by atoms with E-state index in [4.69, 9.17) is 4.98 Å². The normalized spacial score (nSPS) is 12.0. The van der Waals surface area contributed by atoms with Gasteiger partial charge >= 0.3 is 0 Å². The molecule has 5 nitrogen and oxygen atoms in total. The van der Waals surface area contributed by atoms with Crippen LogP contribution in [-0.4, -0.2) is 25.5 Å². The summed E-state index contributed by atoms with van der Waals surface area (Å²) in [6, 6.07) is 8.14. The first-order valence-electron chi connectivity index (χ1n) is 7.97. The number of aromatic amines is 1. The monoisotopic (exact) mass is 317 g/mol. The molecule has 0 fully saturated rings. The maximum atomic E-state index is 4.82. The summed E-state index contributed by atoms with van der Waals surface area (Å²) in [7, 11) is 0. The van der Waals surface area contributed by atoms with E-state index in [-0.39, 0.29) is 5.54 Å². The second-order valence-corrected chi connectivity index (χ2v) is 6.92. The summed E-state index contributed by atoms with van der Waals surface area (Å²) in [5.41, 5.74) is 4.73. The van der Waals surface area contributed by atoms with Crippen LogP contribution in [0.25, 0.3) is 33.2 Å². The summed E-state index contributed by atoms with van der Waals surface area (Å²) >= 11 is 0. The molecule has 0 bridgehead atoms. The fourth-order valence-corrected chi connectivity index (χ4v) is 2.91. The van der Waals surface area contributed by atoms with Crippen molar-refractivity contribution in [2.24, 2.45) is 0 Å². The van der Waals surface area contributed by atoms with Crippen molar-refractivity contribution in [1.82, 2.24) is 19.9 Å². The molecule has 0 aliphatic carbocycles. The Morgan fingerprint density at radius 3 is 2.75 bits per heavy atom. The zero-order valence-electron chi connectivity index (χ0n) is 14.0. The Balaban J connectivity index is 1.98. The van der Waals surface area contributed by atoms with Gasteiger partial charge in [0.25, 0.3) is 0 Å². The number of rotatable bonds is 2. The van der Waals surface area contributed by atoms with Gasteiger partial charge in [0, 0.05) is 46.2 Å². The predicted molar refractivity (Wildman–Crippen MR) is 98.0 cm³/mol. The van der Waals surface area contributed by atoms with Crippen LogP contribution in [0.15, 0.2) is 49.1 Å². The Morgan fingerprint density at radius 2 is 1.92 bits per heavy atom. The Bertz CT molecular complexity index is 1030. The van der Waals surface area contributed by atoms with E-state index in [2.05, 4.69) is 47.1 Å². The number of nitrogens with zero attached hydrogens (tertiary/aromatic N) is 3. The molecule has 0 unspecified atom stereocenters. The summed E-state index contributed by atoms with van der Waals surface area (Å²) in [6.07, 6.45) is 7.31. The molecule has 2 N–H and O–H groups in total. The van der Waals surface area contributed by atoms with E-state index in [1.807, 2.05) is 30.6 Å². The highest BCUT2D eigenvalue weighted by molar-refractivity contribution is 5.97. The van der Waals surface area contributed by atoms with Crippen LogP contribution < -0.4 is 5.32 Å². The van der Waals surface area contributed by atoms with Crippen molar-refractivity contribution in [2.45, 2.75) is 26.3 Å². The Kier molecular flexibility index (Phi) is 3.23. The molecule has 0 aromatic carbocycles. The Morgan fingerprint density at radius 1 is 1.04 bits per heavy atom. The lowest BCUT2D eigenvalue weighted by Gasteiger charge is -2.23. The van der Waals surface area contributed by atoms with Gasteiger partial charge in [-0.25, -0.2) is 9.97 Å². The average molecular weight is 317 g/mol. The number of nitrogens with one attached hydrogen (secondary N) is 2. The van der Waals surface area contributed by atoms with E-state index in [1.54, 1.807) is 12.4 Å². The minimum absolute atomic E-state index is 0.0452. The third-order valence-corrected chi connectivity index (χ3v) is 3.86. The van der Waals surface area contributed by atoms with Crippen LogP contribution in [0.1, 0.15) is 20.8 Å². The third-order valence-electron chi connectivity index (χ3n) is 3.86. The lowest BCUT2D eigenvalue weighted by Crippen LogP contribution is -2.26. The van der Waals surface area contributed by atoms with E-state index in [0.717, 1.165) is 38.9 Å². The molecule has 0 atom stereocenters. The molecule has 24 heavy (non-hydrogen) atoms. The van der Waals surface area contributed by atoms with E-state index >= 15 is 0 Å². The number of aromatic nitrogens is 4. The van der Waals surface area contributed by atoms with Crippen LogP contribution in [0.5, 0.6) is 0 Å². The number of H-pyrrole nitrogens is 1.